The Morgan fingerprint density at radius 1 is 1.04 bits per heavy atom. The minimum atomic E-state index is -1.70. The lowest BCUT2D eigenvalue weighted by Crippen LogP contribution is -2.45. The average molecular weight is 388 g/mol. The SMILES string of the molecule is Cc1ccc(NC(=O)[C@@](C)(O)COc2ccc(N(CCO)CCO)cc2)cc1. The molecule has 0 heterocycles. The third-order valence-electron chi connectivity index (χ3n) is 4.26. The van der Waals surface area contributed by atoms with E-state index in [1.54, 1.807) is 36.4 Å². The lowest BCUT2D eigenvalue weighted by molar-refractivity contribution is -0.135. The highest BCUT2D eigenvalue weighted by molar-refractivity contribution is 5.96. The first-order valence-corrected chi connectivity index (χ1v) is 9.16. The minimum Gasteiger partial charge on any atom is -0.490 e. The average Bonchev–Trinajstić information content (AvgIpc) is 2.68. The number of aliphatic hydroxyl groups excluding tert-OH is 2. The summed E-state index contributed by atoms with van der Waals surface area (Å²) in [6, 6.07) is 14.3. The molecule has 0 aliphatic heterocycles. The normalized spacial score (nSPS) is 12.9. The molecule has 0 aliphatic carbocycles. The Morgan fingerprint density at radius 2 is 1.61 bits per heavy atom. The third kappa shape index (κ3) is 6.23. The van der Waals surface area contributed by atoms with Gasteiger partial charge in [0.15, 0.2) is 5.60 Å². The molecule has 152 valence electrons. The summed E-state index contributed by atoms with van der Waals surface area (Å²) in [5.74, 6) is -0.0508. The molecule has 0 radical (unpaired) electrons. The van der Waals surface area contributed by atoms with Crippen LogP contribution in [-0.4, -0.2) is 59.7 Å². The number of aliphatic hydroxyl groups is 3. The van der Waals surface area contributed by atoms with Crippen molar-refractivity contribution in [3.8, 4) is 5.75 Å². The number of hydrogen-bond acceptors (Lipinski definition) is 6. The molecule has 7 heteroatoms. The third-order valence-corrected chi connectivity index (χ3v) is 4.26. The Morgan fingerprint density at radius 3 is 2.14 bits per heavy atom. The van der Waals surface area contributed by atoms with Crippen molar-refractivity contribution in [1.82, 2.24) is 0 Å². The molecule has 0 aliphatic rings. The highest BCUT2D eigenvalue weighted by Crippen LogP contribution is 2.21. The topological polar surface area (TPSA) is 102 Å². The number of rotatable bonds is 10. The second kappa shape index (κ2) is 10.1. The number of benzene rings is 2. The van der Waals surface area contributed by atoms with Gasteiger partial charge in [-0.05, 0) is 50.2 Å². The molecule has 0 bridgehead atoms. The fourth-order valence-electron chi connectivity index (χ4n) is 2.56. The molecule has 0 saturated carbocycles. The van der Waals surface area contributed by atoms with Crippen LogP contribution in [0.2, 0.25) is 0 Å². The monoisotopic (exact) mass is 388 g/mol. The molecule has 2 aromatic rings. The fourth-order valence-corrected chi connectivity index (χ4v) is 2.56. The molecule has 2 rings (SSSR count). The van der Waals surface area contributed by atoms with Crippen LogP contribution in [0.25, 0.3) is 0 Å². The summed E-state index contributed by atoms with van der Waals surface area (Å²) >= 11 is 0. The molecule has 0 aromatic heterocycles. The number of hydrogen-bond donors (Lipinski definition) is 4. The first kappa shape index (κ1) is 21.7. The van der Waals surface area contributed by atoms with Gasteiger partial charge in [-0.1, -0.05) is 17.7 Å². The van der Waals surface area contributed by atoms with E-state index in [2.05, 4.69) is 5.32 Å². The maximum atomic E-state index is 12.3. The Labute approximate surface area is 165 Å². The highest BCUT2D eigenvalue weighted by atomic mass is 16.5. The molecule has 0 saturated heterocycles. The number of nitrogens with zero attached hydrogens (tertiary/aromatic N) is 1. The Balaban J connectivity index is 1.93. The summed E-state index contributed by atoms with van der Waals surface area (Å²) in [5, 5.41) is 31.3. The summed E-state index contributed by atoms with van der Waals surface area (Å²) in [5.41, 5.74) is 0.809. The van der Waals surface area contributed by atoms with Gasteiger partial charge in [-0.15, -0.1) is 0 Å². The van der Waals surface area contributed by atoms with Gasteiger partial charge in [0, 0.05) is 24.5 Å². The molecule has 4 N–H and O–H groups in total. The van der Waals surface area contributed by atoms with Crippen LogP contribution in [-0.2, 0) is 4.79 Å². The summed E-state index contributed by atoms with van der Waals surface area (Å²) in [6.07, 6.45) is 0. The molecular weight excluding hydrogens is 360 g/mol. The van der Waals surface area contributed by atoms with Crippen molar-refractivity contribution in [2.24, 2.45) is 0 Å². The van der Waals surface area contributed by atoms with E-state index in [9.17, 15) is 9.90 Å². The van der Waals surface area contributed by atoms with E-state index in [4.69, 9.17) is 14.9 Å². The first-order chi connectivity index (χ1) is 13.4. The lowest BCUT2D eigenvalue weighted by Gasteiger charge is -2.24. The van der Waals surface area contributed by atoms with Crippen LogP contribution in [0, 0.1) is 6.92 Å². The van der Waals surface area contributed by atoms with Crippen molar-refractivity contribution in [3.63, 3.8) is 0 Å². The molecule has 2 aromatic carbocycles. The maximum absolute atomic E-state index is 12.3. The fraction of sp³-hybridized carbons (Fsp3) is 0.381. The van der Waals surface area contributed by atoms with Crippen molar-refractivity contribution in [2.75, 3.05) is 43.1 Å². The lowest BCUT2D eigenvalue weighted by atomic mass is 10.1. The van der Waals surface area contributed by atoms with Crippen molar-refractivity contribution in [2.45, 2.75) is 19.4 Å². The predicted molar refractivity (Wildman–Crippen MR) is 109 cm³/mol. The van der Waals surface area contributed by atoms with Gasteiger partial charge in [0.05, 0.1) is 13.2 Å². The number of carbonyl (C=O) groups is 1. The quantitative estimate of drug-likeness (QED) is 0.493. The number of ether oxygens (including phenoxy) is 1. The van der Waals surface area contributed by atoms with Gasteiger partial charge >= 0.3 is 0 Å². The molecule has 1 atom stereocenters. The summed E-state index contributed by atoms with van der Waals surface area (Å²) in [7, 11) is 0. The van der Waals surface area contributed by atoms with Crippen LogP contribution in [0.1, 0.15) is 12.5 Å². The maximum Gasteiger partial charge on any atom is 0.259 e. The molecular formula is C21H28N2O5. The summed E-state index contributed by atoms with van der Waals surface area (Å²) < 4.78 is 5.58. The smallest absolute Gasteiger partial charge is 0.259 e. The summed E-state index contributed by atoms with van der Waals surface area (Å²) in [6.45, 7) is 3.93. The molecule has 0 spiro atoms. The number of amides is 1. The van der Waals surface area contributed by atoms with E-state index in [0.29, 0.717) is 24.5 Å². The van der Waals surface area contributed by atoms with E-state index < -0.39 is 11.5 Å². The Bertz CT molecular complexity index is 738. The number of nitrogens with one attached hydrogen (secondary N) is 1. The van der Waals surface area contributed by atoms with E-state index in [1.165, 1.54) is 6.92 Å². The van der Waals surface area contributed by atoms with Crippen molar-refractivity contribution >= 4 is 17.3 Å². The Kier molecular flexibility index (Phi) is 7.80. The van der Waals surface area contributed by atoms with Crippen LogP contribution < -0.4 is 15.0 Å². The molecule has 1 amide bonds. The van der Waals surface area contributed by atoms with E-state index >= 15 is 0 Å². The minimum absolute atomic E-state index is 0.0167. The zero-order valence-corrected chi connectivity index (χ0v) is 16.3. The number of anilines is 2. The van der Waals surface area contributed by atoms with Crippen LogP contribution in [0.4, 0.5) is 11.4 Å². The number of aryl methyl sites for hydroxylation is 1. The van der Waals surface area contributed by atoms with Crippen LogP contribution in [0.15, 0.2) is 48.5 Å². The van der Waals surface area contributed by atoms with Crippen LogP contribution in [0.5, 0.6) is 5.75 Å². The van der Waals surface area contributed by atoms with Gasteiger partial charge in [-0.3, -0.25) is 4.79 Å². The van der Waals surface area contributed by atoms with Gasteiger partial charge in [0.25, 0.3) is 5.91 Å². The van der Waals surface area contributed by atoms with Crippen LogP contribution in [0.3, 0.4) is 0 Å². The largest absolute Gasteiger partial charge is 0.490 e. The highest BCUT2D eigenvalue weighted by Gasteiger charge is 2.31. The van der Waals surface area contributed by atoms with Crippen molar-refractivity contribution in [3.05, 3.63) is 54.1 Å². The van der Waals surface area contributed by atoms with Crippen LogP contribution >= 0.6 is 0 Å². The second-order valence-electron chi connectivity index (χ2n) is 6.81. The predicted octanol–water partition coefficient (Wildman–Crippen LogP) is 1.55. The molecule has 7 nitrogen and oxygen atoms in total. The second-order valence-corrected chi connectivity index (χ2v) is 6.81. The standard InChI is InChI=1S/C21H28N2O5/c1-16-3-5-17(6-4-16)22-20(26)21(2,27)15-28-19-9-7-18(8-10-19)23(11-13-24)12-14-25/h3-10,24-25,27H,11-15H2,1-2H3,(H,22,26)/t21-/m0/s1. The summed E-state index contributed by atoms with van der Waals surface area (Å²) in [4.78, 5) is 14.2. The first-order valence-electron chi connectivity index (χ1n) is 9.16. The van der Waals surface area contributed by atoms with Gasteiger partial charge in [0.1, 0.15) is 12.4 Å². The zero-order valence-electron chi connectivity index (χ0n) is 16.3. The molecule has 0 unspecified atom stereocenters. The van der Waals surface area contributed by atoms with Gasteiger partial charge in [0.2, 0.25) is 0 Å². The number of carbonyl (C=O) groups excluding carboxylic acids is 1. The van der Waals surface area contributed by atoms with Crippen molar-refractivity contribution in [1.29, 1.82) is 0 Å². The van der Waals surface area contributed by atoms with Gasteiger partial charge in [-0.2, -0.15) is 0 Å². The van der Waals surface area contributed by atoms with E-state index in [1.807, 2.05) is 24.0 Å². The zero-order chi connectivity index (χ0) is 20.6. The van der Waals surface area contributed by atoms with Gasteiger partial charge < -0.3 is 30.3 Å². The van der Waals surface area contributed by atoms with Crippen molar-refractivity contribution < 1.29 is 24.9 Å². The Hall–Kier alpha value is -2.61. The van der Waals surface area contributed by atoms with E-state index in [0.717, 1.165) is 11.3 Å². The van der Waals surface area contributed by atoms with Gasteiger partial charge in [-0.25, -0.2) is 0 Å². The molecule has 28 heavy (non-hydrogen) atoms. The molecule has 0 fully saturated rings. The van der Waals surface area contributed by atoms with E-state index in [-0.39, 0.29) is 19.8 Å².